The van der Waals surface area contributed by atoms with Gasteiger partial charge >= 0.3 is 5.97 Å². The zero-order chi connectivity index (χ0) is 52.1. The van der Waals surface area contributed by atoms with Gasteiger partial charge in [0.2, 0.25) is 5.78 Å². The quantitative estimate of drug-likeness (QED) is 0.117. The molecule has 10 rings (SSSR count). The number of fused-ring (bicyclic) bond motifs is 14. The summed E-state index contributed by atoms with van der Waals surface area (Å²) in [4.78, 5) is 88.3. The van der Waals surface area contributed by atoms with E-state index in [4.69, 9.17) is 4.74 Å². The van der Waals surface area contributed by atoms with Gasteiger partial charge in [-0.3, -0.25) is 28.8 Å². The third-order valence-corrected chi connectivity index (χ3v) is 25.1. The first-order valence-corrected chi connectivity index (χ1v) is 27.8. The fourth-order valence-electron chi connectivity index (χ4n) is 20.4. The van der Waals surface area contributed by atoms with Crippen LogP contribution in [-0.4, -0.2) is 42.0 Å². The molecule has 71 heavy (non-hydrogen) atoms. The number of ether oxygens (including phenoxy) is 1. The van der Waals surface area contributed by atoms with Crippen molar-refractivity contribution < 1.29 is 33.5 Å². The second-order valence-electron chi connectivity index (χ2n) is 30.2. The molecule has 10 aliphatic rings. The summed E-state index contributed by atoms with van der Waals surface area (Å²) >= 11 is 0. The molecule has 0 N–H and O–H groups in total. The third kappa shape index (κ3) is 6.39. The van der Waals surface area contributed by atoms with Gasteiger partial charge in [0.1, 0.15) is 0 Å². The Labute approximate surface area is 426 Å². The fraction of sp³-hybridized carbons (Fsp3) is 0.750. The minimum atomic E-state index is -0.938. The highest BCUT2D eigenvalue weighted by molar-refractivity contribution is 6.28. The van der Waals surface area contributed by atoms with E-state index in [0.717, 1.165) is 75.4 Å². The van der Waals surface area contributed by atoms with Crippen molar-refractivity contribution >= 4 is 34.9 Å². The van der Waals surface area contributed by atoms with Crippen LogP contribution in [0.25, 0.3) is 0 Å². The Hall–Kier alpha value is -3.66. The minimum absolute atomic E-state index is 0.0228. The topological polar surface area (TPSA) is 112 Å². The Kier molecular flexibility index (Phi) is 10.8. The van der Waals surface area contributed by atoms with Gasteiger partial charge < -0.3 is 4.74 Å². The maximum absolute atomic E-state index is 15.1. The second kappa shape index (κ2) is 15.0. The van der Waals surface area contributed by atoms with Crippen molar-refractivity contribution in [1.29, 1.82) is 0 Å². The van der Waals surface area contributed by atoms with Gasteiger partial charge in [0.15, 0.2) is 23.1 Å². The van der Waals surface area contributed by atoms with E-state index < -0.39 is 43.7 Å². The first kappa shape index (κ1) is 50.9. The monoisotopic (exact) mass is 967 g/mol. The van der Waals surface area contributed by atoms with E-state index >= 15 is 4.79 Å². The highest BCUT2D eigenvalue weighted by atomic mass is 16.5. The molecule has 0 heterocycles. The van der Waals surface area contributed by atoms with Crippen LogP contribution in [0.15, 0.2) is 46.6 Å². The number of ketones is 5. The summed E-state index contributed by atoms with van der Waals surface area (Å²) < 4.78 is 5.54. The lowest BCUT2D eigenvalue weighted by atomic mass is 9.34. The molecule has 14 atom stereocenters. The molecule has 0 spiro atoms. The number of rotatable bonds is 2. The highest BCUT2D eigenvalue weighted by Gasteiger charge is 2.73. The molecule has 0 amide bonds. The summed E-state index contributed by atoms with van der Waals surface area (Å²) in [5.74, 6) is 4.68. The van der Waals surface area contributed by atoms with Gasteiger partial charge in [0, 0.05) is 33.5 Å². The highest BCUT2D eigenvalue weighted by Crippen LogP contribution is 2.77. The molecule has 6 saturated carbocycles. The molecular weight excluding hydrogens is 881 g/mol. The van der Waals surface area contributed by atoms with E-state index in [9.17, 15) is 24.0 Å². The molecule has 10 aliphatic carbocycles. The summed E-state index contributed by atoms with van der Waals surface area (Å²) in [6.07, 6.45) is 20.3. The molecule has 0 aromatic heterocycles. The number of hydrogen-bond donors (Lipinski definition) is 0. The lowest BCUT2D eigenvalue weighted by Gasteiger charge is -2.69. The minimum Gasteiger partial charge on any atom is -0.469 e. The molecule has 384 valence electrons. The summed E-state index contributed by atoms with van der Waals surface area (Å²) in [5.41, 5.74) is -2.60. The van der Waals surface area contributed by atoms with E-state index in [2.05, 4.69) is 88.0 Å². The Bertz CT molecular complexity index is 2690. The van der Waals surface area contributed by atoms with E-state index in [-0.39, 0.29) is 96.9 Å². The average Bonchev–Trinajstić information content (AvgIpc) is 3.27. The summed E-state index contributed by atoms with van der Waals surface area (Å²) in [5, 5.41) is 0. The smallest absolute Gasteiger partial charge is 0.312 e. The molecule has 0 aromatic carbocycles. The van der Waals surface area contributed by atoms with E-state index in [1.54, 1.807) is 0 Å². The Morgan fingerprint density at radius 3 is 1.55 bits per heavy atom. The zero-order valence-corrected chi connectivity index (χ0v) is 46.5. The average molecular weight is 967 g/mol. The van der Waals surface area contributed by atoms with Crippen LogP contribution in [0.1, 0.15) is 194 Å². The van der Waals surface area contributed by atoms with Crippen LogP contribution in [0, 0.1) is 112 Å². The number of carbonyl (C=O) groups is 6. The van der Waals surface area contributed by atoms with Crippen LogP contribution >= 0.6 is 0 Å². The van der Waals surface area contributed by atoms with Gasteiger partial charge in [-0.2, -0.15) is 0 Å². The van der Waals surface area contributed by atoms with Gasteiger partial charge in [0.25, 0.3) is 0 Å². The van der Waals surface area contributed by atoms with E-state index in [1.165, 1.54) is 13.5 Å². The molecule has 0 bridgehead atoms. The third-order valence-electron chi connectivity index (χ3n) is 25.1. The molecule has 7 nitrogen and oxygen atoms in total. The number of methoxy groups -OCH3 is 1. The first-order valence-electron chi connectivity index (χ1n) is 27.8. The van der Waals surface area contributed by atoms with Crippen LogP contribution in [-0.2, 0) is 33.5 Å². The summed E-state index contributed by atoms with van der Waals surface area (Å²) in [6.45, 7) is 33.4. The standard InChI is InChI=1S/C64H86O7/c1-53(2)23-25-57(9)26-27-62(14)48(39(57)35-53)42(66)31-46-58(10)33-37(50(68)55(5,6)44(58)19-21-60(46,62)12)17-18-41(65)38-34-59(11)45(56(7,8)51(38)69)20-22-61(13)47(59)32-43(67)49-40-36-54(3,4)24-29-64(40,52(70)71-16)30-28-63(49,61)15/h31-34,39-40,44-45,48-49H,19-30,35-36H2,1-16H3/t39-,40+,44-,45+,48-,49+,57?,58-,59+,60+,61-,62+,63-,64?/m1/s1. The number of Topliss-reactive ketones (excluding diaryl/α,β-unsaturated/α-hetero) is 3. The Morgan fingerprint density at radius 1 is 0.549 bits per heavy atom. The lowest BCUT2D eigenvalue weighted by molar-refractivity contribution is -0.191. The van der Waals surface area contributed by atoms with Crippen LogP contribution in [0.5, 0.6) is 0 Å². The van der Waals surface area contributed by atoms with Crippen molar-refractivity contribution in [2.24, 2.45) is 100 Å². The van der Waals surface area contributed by atoms with Crippen molar-refractivity contribution in [3.05, 3.63) is 46.6 Å². The molecule has 0 aliphatic heterocycles. The van der Waals surface area contributed by atoms with Crippen molar-refractivity contribution in [2.45, 2.75) is 194 Å². The van der Waals surface area contributed by atoms with Gasteiger partial charge in [0.05, 0.1) is 23.7 Å². The Balaban J connectivity index is 1.03. The largest absolute Gasteiger partial charge is 0.469 e. The van der Waals surface area contributed by atoms with Crippen molar-refractivity contribution in [3.63, 3.8) is 0 Å². The van der Waals surface area contributed by atoms with E-state index in [0.29, 0.717) is 25.2 Å². The van der Waals surface area contributed by atoms with Crippen LogP contribution in [0.2, 0.25) is 0 Å². The summed E-state index contributed by atoms with van der Waals surface area (Å²) in [6, 6.07) is 0. The molecule has 0 aromatic rings. The molecule has 2 unspecified atom stereocenters. The first-order chi connectivity index (χ1) is 32.6. The number of hydrogen-bond acceptors (Lipinski definition) is 7. The second-order valence-corrected chi connectivity index (χ2v) is 30.2. The lowest BCUT2D eigenvalue weighted by Crippen LogP contribution is -2.66. The molecule has 0 radical (unpaired) electrons. The van der Waals surface area contributed by atoms with Gasteiger partial charge in [-0.1, -0.05) is 133 Å². The van der Waals surface area contributed by atoms with E-state index in [1.807, 2.05) is 52.0 Å². The maximum Gasteiger partial charge on any atom is 0.312 e. The Morgan fingerprint density at radius 2 is 1.00 bits per heavy atom. The SMILES string of the molecule is COC(=O)C12CCC(C)(C)C[C@H]1[C@H]1C(=O)C=C3[C@@]4(C)C=C(C(=O)C#CC5=C[C@@]6(C)C7=CC(=O)[C@H]8[C@H]9CC(C)(C)CCC9(C)CC[C@]8(C)[C@@]7(C)CC[C@@H]6C(C)(C)C5=O)C(=O)C(C)(C)[C@@H]4CC[C@@]3(C)[C@]1(C)CC2. The zero-order valence-electron chi connectivity index (χ0n) is 46.5. The predicted octanol–water partition coefficient (Wildman–Crippen LogP) is 13.1. The fourth-order valence-corrected chi connectivity index (χ4v) is 20.4. The summed E-state index contributed by atoms with van der Waals surface area (Å²) in [7, 11) is 1.48. The maximum atomic E-state index is 15.1. The van der Waals surface area contributed by atoms with Crippen molar-refractivity contribution in [1.82, 2.24) is 0 Å². The number of allylic oxidation sites excluding steroid dienone is 8. The number of esters is 1. The van der Waals surface area contributed by atoms with Gasteiger partial charge in [-0.25, -0.2) is 0 Å². The normalized spacial score (nSPS) is 47.4. The van der Waals surface area contributed by atoms with Gasteiger partial charge in [-0.05, 0) is 170 Å². The van der Waals surface area contributed by atoms with Crippen molar-refractivity contribution in [2.75, 3.05) is 7.11 Å². The van der Waals surface area contributed by atoms with Crippen LogP contribution in [0.3, 0.4) is 0 Å². The van der Waals surface area contributed by atoms with Gasteiger partial charge in [-0.15, -0.1) is 0 Å². The predicted molar refractivity (Wildman–Crippen MR) is 277 cm³/mol. The molecule has 6 fully saturated rings. The number of carbonyl (C=O) groups excluding carboxylic acids is 6. The van der Waals surface area contributed by atoms with Crippen LogP contribution in [0.4, 0.5) is 0 Å². The molecule has 0 saturated heterocycles. The molecule has 7 heteroatoms. The molecular formula is C64H86O7. The van der Waals surface area contributed by atoms with Crippen molar-refractivity contribution in [3.8, 4) is 11.8 Å². The van der Waals surface area contributed by atoms with Crippen LogP contribution < -0.4 is 0 Å².